The molecule has 3 aromatic rings. The standard InChI is InChI=1S/C21H25F2N5O/c1-2-24-21(26-14-16-8-3-6-11-19(16)29-20(22)23)25-12-7-13-28-15-27-17-9-4-5-10-18(17)28/h3-6,8-11,15,20H,2,7,12-14H2,1H3,(H2,24,25,26). The first kappa shape index (κ1) is 20.6. The fourth-order valence-corrected chi connectivity index (χ4v) is 3.00. The molecular weight excluding hydrogens is 376 g/mol. The number of imidazole rings is 1. The van der Waals surface area contributed by atoms with E-state index >= 15 is 0 Å². The van der Waals surface area contributed by atoms with E-state index in [-0.39, 0.29) is 12.3 Å². The minimum atomic E-state index is -2.86. The smallest absolute Gasteiger partial charge is 0.387 e. The number of nitrogens with one attached hydrogen (secondary N) is 2. The number of halogens is 2. The molecule has 0 saturated heterocycles. The number of alkyl halides is 2. The van der Waals surface area contributed by atoms with Crippen LogP contribution in [0.25, 0.3) is 11.0 Å². The Bertz CT molecular complexity index is 941. The van der Waals surface area contributed by atoms with Crippen LogP contribution in [-0.2, 0) is 13.1 Å². The number of aromatic nitrogens is 2. The molecule has 29 heavy (non-hydrogen) atoms. The van der Waals surface area contributed by atoms with Crippen molar-refractivity contribution in [1.29, 1.82) is 0 Å². The Hall–Kier alpha value is -3.16. The third-order valence-electron chi connectivity index (χ3n) is 4.34. The summed E-state index contributed by atoms with van der Waals surface area (Å²) in [4.78, 5) is 8.88. The predicted octanol–water partition coefficient (Wildman–Crippen LogP) is 3.78. The lowest BCUT2D eigenvalue weighted by molar-refractivity contribution is -0.0504. The number of nitrogens with zero attached hydrogens (tertiary/aromatic N) is 3. The van der Waals surface area contributed by atoms with Gasteiger partial charge in [0.15, 0.2) is 5.96 Å². The van der Waals surface area contributed by atoms with Gasteiger partial charge in [-0.15, -0.1) is 0 Å². The quantitative estimate of drug-likeness (QED) is 0.325. The van der Waals surface area contributed by atoms with E-state index in [0.29, 0.717) is 24.6 Å². The highest BCUT2D eigenvalue weighted by molar-refractivity contribution is 5.79. The molecule has 3 rings (SSSR count). The number of guanidine groups is 1. The monoisotopic (exact) mass is 401 g/mol. The fraction of sp³-hybridized carbons (Fsp3) is 0.333. The number of aliphatic imine (C=N–C) groups is 1. The van der Waals surface area contributed by atoms with Crippen molar-refractivity contribution in [2.45, 2.75) is 33.0 Å². The molecule has 0 radical (unpaired) electrons. The van der Waals surface area contributed by atoms with Gasteiger partial charge in [0.1, 0.15) is 5.75 Å². The van der Waals surface area contributed by atoms with Crippen molar-refractivity contribution >= 4 is 17.0 Å². The predicted molar refractivity (Wildman–Crippen MR) is 110 cm³/mol. The van der Waals surface area contributed by atoms with Crippen LogP contribution in [0.1, 0.15) is 18.9 Å². The second-order valence-corrected chi connectivity index (χ2v) is 6.39. The van der Waals surface area contributed by atoms with Crippen LogP contribution in [0.2, 0.25) is 0 Å². The molecule has 0 aliphatic rings. The number of ether oxygens (including phenoxy) is 1. The molecule has 0 bridgehead atoms. The van der Waals surface area contributed by atoms with Gasteiger partial charge in [-0.2, -0.15) is 8.78 Å². The molecule has 0 saturated carbocycles. The van der Waals surface area contributed by atoms with E-state index < -0.39 is 6.61 Å². The van der Waals surface area contributed by atoms with Crippen molar-refractivity contribution in [3.63, 3.8) is 0 Å². The number of para-hydroxylation sites is 3. The number of rotatable bonds is 9. The van der Waals surface area contributed by atoms with Gasteiger partial charge in [0.05, 0.1) is 23.9 Å². The van der Waals surface area contributed by atoms with Gasteiger partial charge in [0, 0.05) is 25.2 Å². The van der Waals surface area contributed by atoms with E-state index in [0.717, 1.165) is 24.0 Å². The van der Waals surface area contributed by atoms with Gasteiger partial charge in [0.25, 0.3) is 0 Å². The van der Waals surface area contributed by atoms with Crippen LogP contribution in [0, 0.1) is 0 Å². The van der Waals surface area contributed by atoms with E-state index in [1.54, 1.807) is 18.2 Å². The van der Waals surface area contributed by atoms with Crippen molar-refractivity contribution in [3.8, 4) is 5.75 Å². The first-order valence-electron chi connectivity index (χ1n) is 9.62. The second-order valence-electron chi connectivity index (χ2n) is 6.39. The maximum atomic E-state index is 12.6. The Labute approximate surface area is 168 Å². The first-order chi connectivity index (χ1) is 14.2. The molecule has 8 heteroatoms. The van der Waals surface area contributed by atoms with Gasteiger partial charge < -0.3 is 19.9 Å². The molecule has 154 valence electrons. The van der Waals surface area contributed by atoms with Crippen LogP contribution in [0.3, 0.4) is 0 Å². The van der Waals surface area contributed by atoms with Crippen LogP contribution >= 0.6 is 0 Å². The zero-order valence-corrected chi connectivity index (χ0v) is 16.3. The minimum Gasteiger partial charge on any atom is -0.434 e. The largest absolute Gasteiger partial charge is 0.434 e. The Kier molecular flexibility index (Phi) is 7.38. The van der Waals surface area contributed by atoms with Crippen LogP contribution in [0.5, 0.6) is 5.75 Å². The van der Waals surface area contributed by atoms with E-state index in [2.05, 4.69) is 36.0 Å². The number of hydrogen-bond donors (Lipinski definition) is 2. The zero-order valence-electron chi connectivity index (χ0n) is 16.3. The lowest BCUT2D eigenvalue weighted by Crippen LogP contribution is -2.38. The Morgan fingerprint density at radius 3 is 2.76 bits per heavy atom. The summed E-state index contributed by atoms with van der Waals surface area (Å²) in [5.74, 6) is 0.781. The summed E-state index contributed by atoms with van der Waals surface area (Å²) in [5, 5.41) is 6.45. The highest BCUT2D eigenvalue weighted by atomic mass is 19.3. The summed E-state index contributed by atoms with van der Waals surface area (Å²) in [7, 11) is 0. The van der Waals surface area contributed by atoms with E-state index in [9.17, 15) is 8.78 Å². The summed E-state index contributed by atoms with van der Waals surface area (Å²) >= 11 is 0. The van der Waals surface area contributed by atoms with Crippen LogP contribution in [0.15, 0.2) is 59.9 Å². The summed E-state index contributed by atoms with van der Waals surface area (Å²) in [5.41, 5.74) is 2.71. The summed E-state index contributed by atoms with van der Waals surface area (Å²) in [6.45, 7) is 1.61. The Morgan fingerprint density at radius 2 is 1.93 bits per heavy atom. The van der Waals surface area contributed by atoms with Gasteiger partial charge in [-0.3, -0.25) is 0 Å². The van der Waals surface area contributed by atoms with Gasteiger partial charge in [-0.05, 0) is 31.5 Å². The van der Waals surface area contributed by atoms with Crippen LogP contribution in [0.4, 0.5) is 8.78 Å². The van der Waals surface area contributed by atoms with E-state index in [1.165, 1.54) is 6.07 Å². The molecule has 1 aromatic heterocycles. The van der Waals surface area contributed by atoms with Gasteiger partial charge in [0.2, 0.25) is 0 Å². The van der Waals surface area contributed by atoms with Crippen molar-refractivity contribution in [2.24, 2.45) is 4.99 Å². The van der Waals surface area contributed by atoms with E-state index in [1.807, 2.05) is 31.5 Å². The molecule has 0 aliphatic carbocycles. The fourth-order valence-electron chi connectivity index (χ4n) is 3.00. The third-order valence-corrected chi connectivity index (χ3v) is 4.34. The molecule has 0 amide bonds. The van der Waals surface area contributed by atoms with Crippen LogP contribution in [-0.4, -0.2) is 35.2 Å². The highest BCUT2D eigenvalue weighted by Gasteiger charge is 2.09. The number of hydrogen-bond acceptors (Lipinski definition) is 3. The molecule has 0 atom stereocenters. The number of fused-ring (bicyclic) bond motifs is 1. The molecule has 2 aromatic carbocycles. The Balaban J connectivity index is 1.54. The molecule has 0 unspecified atom stereocenters. The Morgan fingerprint density at radius 1 is 1.14 bits per heavy atom. The average Bonchev–Trinajstić information content (AvgIpc) is 3.13. The van der Waals surface area contributed by atoms with Crippen LogP contribution < -0.4 is 15.4 Å². The summed E-state index contributed by atoms with van der Waals surface area (Å²) in [6, 6.07) is 14.7. The van der Waals surface area contributed by atoms with E-state index in [4.69, 9.17) is 0 Å². The highest BCUT2D eigenvalue weighted by Crippen LogP contribution is 2.21. The second kappa shape index (κ2) is 10.4. The molecule has 0 fully saturated rings. The maximum Gasteiger partial charge on any atom is 0.387 e. The SMILES string of the molecule is CCNC(=NCc1ccccc1OC(F)F)NCCCn1cnc2ccccc21. The van der Waals surface area contributed by atoms with Gasteiger partial charge in [-0.1, -0.05) is 30.3 Å². The maximum absolute atomic E-state index is 12.6. The number of benzene rings is 2. The lowest BCUT2D eigenvalue weighted by atomic mass is 10.2. The summed E-state index contributed by atoms with van der Waals surface area (Å²) < 4.78 is 31.8. The molecular formula is C21H25F2N5O. The van der Waals surface area contributed by atoms with Gasteiger partial charge >= 0.3 is 6.61 Å². The van der Waals surface area contributed by atoms with Crippen molar-refractivity contribution in [3.05, 3.63) is 60.4 Å². The minimum absolute atomic E-state index is 0.147. The zero-order chi connectivity index (χ0) is 20.5. The van der Waals surface area contributed by atoms with Gasteiger partial charge in [-0.25, -0.2) is 9.98 Å². The molecule has 2 N–H and O–H groups in total. The summed E-state index contributed by atoms with van der Waals surface area (Å²) in [6.07, 6.45) is 2.74. The molecule has 0 aliphatic heterocycles. The number of aryl methyl sites for hydroxylation is 1. The molecule has 6 nitrogen and oxygen atoms in total. The average molecular weight is 401 g/mol. The van der Waals surface area contributed by atoms with Crippen molar-refractivity contribution < 1.29 is 13.5 Å². The van der Waals surface area contributed by atoms with Crippen molar-refractivity contribution in [1.82, 2.24) is 20.2 Å². The first-order valence-corrected chi connectivity index (χ1v) is 9.62. The third kappa shape index (κ3) is 5.91. The lowest BCUT2D eigenvalue weighted by Gasteiger charge is -2.13. The van der Waals surface area contributed by atoms with Crippen molar-refractivity contribution in [2.75, 3.05) is 13.1 Å². The molecule has 1 heterocycles. The molecule has 0 spiro atoms. The topological polar surface area (TPSA) is 63.5 Å². The normalized spacial score (nSPS) is 11.8.